The number of anilines is 1. The normalized spacial score (nSPS) is 16.6. The number of hydrogen-bond donors (Lipinski definition) is 2. The second-order valence-corrected chi connectivity index (χ2v) is 12.0. The molecular formula is C37H41N3O7. The van der Waals surface area contributed by atoms with Crippen molar-refractivity contribution < 1.29 is 33.4 Å². The molecule has 246 valence electrons. The lowest BCUT2D eigenvalue weighted by Gasteiger charge is -2.44. The van der Waals surface area contributed by atoms with Crippen molar-refractivity contribution in [2.75, 3.05) is 18.6 Å². The molecule has 1 unspecified atom stereocenters. The maximum Gasteiger partial charge on any atom is 0.329 e. The van der Waals surface area contributed by atoms with Crippen molar-refractivity contribution in [3.05, 3.63) is 107 Å². The second-order valence-electron chi connectivity index (χ2n) is 12.0. The van der Waals surface area contributed by atoms with Crippen molar-refractivity contribution in [2.24, 2.45) is 11.8 Å². The highest BCUT2D eigenvalue weighted by Gasteiger charge is 2.46. The molecule has 1 saturated heterocycles. The molecule has 3 aromatic carbocycles. The number of nitrogens with one attached hydrogen (secondary N) is 2. The van der Waals surface area contributed by atoms with Gasteiger partial charge in [0.15, 0.2) is 12.4 Å². The van der Waals surface area contributed by atoms with Crippen LogP contribution in [0.5, 0.6) is 5.75 Å². The molecule has 0 bridgehead atoms. The van der Waals surface area contributed by atoms with Crippen LogP contribution in [0.3, 0.4) is 0 Å². The van der Waals surface area contributed by atoms with E-state index in [-0.39, 0.29) is 29.1 Å². The number of β-lactam (4-membered cyclic amide) rings is 1. The molecule has 3 aromatic rings. The van der Waals surface area contributed by atoms with Gasteiger partial charge in [0, 0.05) is 16.8 Å². The first-order valence-corrected chi connectivity index (χ1v) is 15.5. The van der Waals surface area contributed by atoms with Gasteiger partial charge in [-0.3, -0.25) is 24.1 Å². The third-order valence-corrected chi connectivity index (χ3v) is 8.09. The van der Waals surface area contributed by atoms with Gasteiger partial charge in [0.05, 0.1) is 18.7 Å². The molecule has 3 amide bonds. The summed E-state index contributed by atoms with van der Waals surface area (Å²) in [5, 5.41) is 5.48. The number of Topliss-reactive ketones (excluding diaryl/α,β-unsaturated/α-hetero) is 1. The fraction of sp³-hybridized carbons (Fsp3) is 0.324. The zero-order valence-corrected chi connectivity index (χ0v) is 27.5. The van der Waals surface area contributed by atoms with Crippen molar-refractivity contribution in [2.45, 2.75) is 52.7 Å². The predicted molar refractivity (Wildman–Crippen MR) is 178 cm³/mol. The topological polar surface area (TPSA) is 131 Å². The van der Waals surface area contributed by atoms with E-state index in [1.54, 1.807) is 101 Å². The standard InChI is InChI=1S/C37H41N3O7/c1-22(2)31(35(43)39-32(23(3)4)37(45)47-21-29(41)25-13-9-7-10-14-25)38-34(42)24(5)30-33(26-15-11-8-12-16-26)40(36(30)44)27-17-19-28(46-6)20-18-27/h7-20,22-23,31-33H,21H2,1-6H3,(H,38,42)(H,39,43)/b30-24+/t31-,32-,33?/m0/s1. The Morgan fingerprint density at radius 2 is 1.36 bits per heavy atom. The van der Waals surface area contributed by atoms with Crippen molar-refractivity contribution in [1.29, 1.82) is 0 Å². The van der Waals surface area contributed by atoms with E-state index in [1.165, 1.54) is 0 Å². The first-order valence-electron chi connectivity index (χ1n) is 15.5. The molecule has 0 spiro atoms. The maximum absolute atomic E-state index is 13.6. The third-order valence-electron chi connectivity index (χ3n) is 8.09. The third kappa shape index (κ3) is 7.95. The van der Waals surface area contributed by atoms with E-state index >= 15 is 0 Å². The summed E-state index contributed by atoms with van der Waals surface area (Å²) < 4.78 is 10.5. The molecule has 3 atom stereocenters. The highest BCUT2D eigenvalue weighted by atomic mass is 16.5. The summed E-state index contributed by atoms with van der Waals surface area (Å²) in [6, 6.07) is 22.3. The summed E-state index contributed by atoms with van der Waals surface area (Å²) >= 11 is 0. The van der Waals surface area contributed by atoms with Gasteiger partial charge in [0.2, 0.25) is 11.8 Å². The number of carbonyl (C=O) groups is 5. The van der Waals surface area contributed by atoms with Crippen LogP contribution in [-0.4, -0.2) is 55.3 Å². The predicted octanol–water partition coefficient (Wildman–Crippen LogP) is 4.81. The molecular weight excluding hydrogens is 598 g/mol. The van der Waals surface area contributed by atoms with Crippen LogP contribution in [0.2, 0.25) is 0 Å². The van der Waals surface area contributed by atoms with E-state index in [9.17, 15) is 24.0 Å². The van der Waals surface area contributed by atoms with Crippen molar-refractivity contribution in [3.8, 4) is 5.75 Å². The number of carbonyl (C=O) groups excluding carboxylic acids is 5. The Kier molecular flexibility index (Phi) is 11.3. The van der Waals surface area contributed by atoms with Crippen LogP contribution in [0, 0.1) is 11.8 Å². The molecule has 4 rings (SSSR count). The number of benzene rings is 3. The fourth-order valence-corrected chi connectivity index (χ4v) is 5.33. The van der Waals surface area contributed by atoms with E-state index in [1.807, 2.05) is 30.3 Å². The smallest absolute Gasteiger partial charge is 0.329 e. The second kappa shape index (κ2) is 15.4. The molecule has 1 aliphatic rings. The van der Waals surface area contributed by atoms with Crippen molar-refractivity contribution in [3.63, 3.8) is 0 Å². The summed E-state index contributed by atoms with van der Waals surface area (Å²) in [6.45, 7) is 8.11. The van der Waals surface area contributed by atoms with Gasteiger partial charge in [-0.2, -0.15) is 0 Å². The molecule has 1 heterocycles. The van der Waals surface area contributed by atoms with Crippen LogP contribution in [0.25, 0.3) is 0 Å². The van der Waals surface area contributed by atoms with Gasteiger partial charge in [0.1, 0.15) is 17.8 Å². The Balaban J connectivity index is 1.50. The number of rotatable bonds is 13. The first kappa shape index (κ1) is 34.6. The highest BCUT2D eigenvalue weighted by molar-refractivity contribution is 6.19. The van der Waals surface area contributed by atoms with Gasteiger partial charge < -0.3 is 20.1 Å². The van der Waals surface area contributed by atoms with Crippen LogP contribution in [0.4, 0.5) is 5.69 Å². The van der Waals surface area contributed by atoms with E-state index in [4.69, 9.17) is 9.47 Å². The summed E-state index contributed by atoms with van der Waals surface area (Å²) in [5.74, 6) is -2.69. The molecule has 0 radical (unpaired) electrons. The first-order chi connectivity index (χ1) is 22.4. The highest BCUT2D eigenvalue weighted by Crippen LogP contribution is 2.44. The van der Waals surface area contributed by atoms with Crippen LogP contribution in [0.15, 0.2) is 96.1 Å². The molecule has 47 heavy (non-hydrogen) atoms. The van der Waals surface area contributed by atoms with Crippen LogP contribution in [0.1, 0.15) is 56.6 Å². The lowest BCUT2D eigenvalue weighted by molar-refractivity contribution is -0.148. The molecule has 1 aliphatic heterocycles. The number of esters is 1. The Bertz CT molecular complexity index is 1630. The average Bonchev–Trinajstić information content (AvgIpc) is 3.07. The van der Waals surface area contributed by atoms with E-state index in [0.717, 1.165) is 5.56 Å². The van der Waals surface area contributed by atoms with Crippen molar-refractivity contribution in [1.82, 2.24) is 10.6 Å². The quantitative estimate of drug-likeness (QED) is 0.119. The molecule has 2 N–H and O–H groups in total. The molecule has 10 nitrogen and oxygen atoms in total. The number of methoxy groups -OCH3 is 1. The van der Waals surface area contributed by atoms with Crippen LogP contribution < -0.4 is 20.3 Å². The minimum atomic E-state index is -1.06. The minimum Gasteiger partial charge on any atom is -0.497 e. The van der Waals surface area contributed by atoms with Gasteiger partial charge >= 0.3 is 5.97 Å². The molecule has 0 aromatic heterocycles. The van der Waals surface area contributed by atoms with Crippen LogP contribution >= 0.6 is 0 Å². The van der Waals surface area contributed by atoms with Gasteiger partial charge in [-0.15, -0.1) is 0 Å². The van der Waals surface area contributed by atoms with E-state index < -0.39 is 42.5 Å². The zero-order chi connectivity index (χ0) is 34.2. The molecule has 1 fully saturated rings. The lowest BCUT2D eigenvalue weighted by atomic mass is 9.84. The largest absolute Gasteiger partial charge is 0.497 e. The monoisotopic (exact) mass is 639 g/mol. The summed E-state index contributed by atoms with van der Waals surface area (Å²) in [7, 11) is 1.56. The van der Waals surface area contributed by atoms with Gasteiger partial charge in [0.25, 0.3) is 5.91 Å². The Labute approximate surface area is 275 Å². The van der Waals surface area contributed by atoms with Gasteiger partial charge in [-0.1, -0.05) is 88.4 Å². The van der Waals surface area contributed by atoms with Crippen LogP contribution in [-0.2, 0) is 23.9 Å². The van der Waals surface area contributed by atoms with Gasteiger partial charge in [-0.05, 0) is 48.6 Å². The summed E-state index contributed by atoms with van der Waals surface area (Å²) in [6.07, 6.45) is 0. The minimum absolute atomic E-state index is 0.186. The Morgan fingerprint density at radius 1 is 0.787 bits per heavy atom. The Morgan fingerprint density at radius 3 is 1.91 bits per heavy atom. The Hall–Kier alpha value is -5.25. The SMILES string of the molecule is COc1ccc(N2C(=O)/C(=C(\C)C(=O)N[C@H](C(=O)N[C@H](C(=O)OCC(=O)c3ccccc3)C(C)C)C(C)C)C2c2ccccc2)cc1. The molecule has 10 heteroatoms. The zero-order valence-electron chi connectivity index (χ0n) is 27.5. The number of ether oxygens (including phenoxy) is 2. The number of nitrogens with zero attached hydrogens (tertiary/aromatic N) is 1. The number of amides is 3. The molecule has 0 aliphatic carbocycles. The lowest BCUT2D eigenvalue weighted by Crippen LogP contribution is -2.56. The summed E-state index contributed by atoms with van der Waals surface area (Å²) in [4.78, 5) is 67.8. The van der Waals surface area contributed by atoms with E-state index in [0.29, 0.717) is 22.6 Å². The van der Waals surface area contributed by atoms with Crippen molar-refractivity contribution >= 4 is 35.2 Å². The molecule has 0 saturated carbocycles. The number of hydrogen-bond acceptors (Lipinski definition) is 7. The van der Waals surface area contributed by atoms with E-state index in [2.05, 4.69) is 10.6 Å². The number of ketones is 1. The van der Waals surface area contributed by atoms with Gasteiger partial charge in [-0.25, -0.2) is 4.79 Å². The summed E-state index contributed by atoms with van der Waals surface area (Å²) in [5.41, 5.74) is 2.39. The maximum atomic E-state index is 13.6. The average molecular weight is 640 g/mol. The fourth-order valence-electron chi connectivity index (χ4n) is 5.33.